The molecule has 18 heavy (non-hydrogen) atoms. The van der Waals surface area contributed by atoms with Gasteiger partial charge in [0.2, 0.25) is 5.91 Å². The van der Waals surface area contributed by atoms with Gasteiger partial charge in [0.25, 0.3) is 5.91 Å². The molecule has 1 rings (SSSR count). The number of carbonyl (C=O) groups excluding carboxylic acids is 2. The molecule has 0 spiro atoms. The molecule has 100 valence electrons. The van der Waals surface area contributed by atoms with Crippen LogP contribution in [-0.4, -0.2) is 35.6 Å². The number of aryl methyl sites for hydroxylation is 1. The van der Waals surface area contributed by atoms with Crippen molar-refractivity contribution in [3.05, 3.63) is 21.9 Å². The predicted octanol–water partition coefficient (Wildman–Crippen LogP) is 0.673. The van der Waals surface area contributed by atoms with E-state index >= 15 is 0 Å². The Morgan fingerprint density at radius 2 is 2.00 bits per heavy atom. The summed E-state index contributed by atoms with van der Waals surface area (Å²) < 4.78 is 0. The van der Waals surface area contributed by atoms with Crippen LogP contribution in [0, 0.1) is 6.92 Å². The minimum absolute atomic E-state index is 0.0914. The van der Waals surface area contributed by atoms with Gasteiger partial charge < -0.3 is 15.7 Å². The molecule has 2 amide bonds. The zero-order chi connectivity index (χ0) is 13.8. The molecule has 0 fully saturated rings. The standard InChI is InChI=1S/C12H18N2O3S/c1-8-4-5-9(18-8)11(16)13-6-10(15)14-7-12(2,3)17/h4-5,17H,6-7H2,1-3H3,(H,13,16)(H,14,15). The molecule has 6 heteroatoms. The summed E-state index contributed by atoms with van der Waals surface area (Å²) >= 11 is 1.38. The highest BCUT2D eigenvalue weighted by molar-refractivity contribution is 7.13. The largest absolute Gasteiger partial charge is 0.389 e. The van der Waals surface area contributed by atoms with Crippen molar-refractivity contribution in [2.24, 2.45) is 0 Å². The first-order chi connectivity index (χ1) is 8.28. The van der Waals surface area contributed by atoms with Crippen LogP contribution in [0.15, 0.2) is 12.1 Å². The van der Waals surface area contributed by atoms with Crippen molar-refractivity contribution in [2.45, 2.75) is 26.4 Å². The monoisotopic (exact) mass is 270 g/mol. The van der Waals surface area contributed by atoms with Gasteiger partial charge in [-0.15, -0.1) is 11.3 Å². The number of hydrogen-bond donors (Lipinski definition) is 3. The third kappa shape index (κ3) is 5.29. The van der Waals surface area contributed by atoms with Gasteiger partial charge in [-0.3, -0.25) is 9.59 Å². The Bertz CT molecular complexity index is 435. The lowest BCUT2D eigenvalue weighted by Gasteiger charge is -2.17. The van der Waals surface area contributed by atoms with Crippen molar-refractivity contribution in [2.75, 3.05) is 13.1 Å². The summed E-state index contributed by atoms with van der Waals surface area (Å²) in [4.78, 5) is 24.7. The number of carbonyl (C=O) groups is 2. The van der Waals surface area contributed by atoms with Crippen LogP contribution in [0.25, 0.3) is 0 Å². The Labute approximate surface area is 110 Å². The summed E-state index contributed by atoms with van der Waals surface area (Å²) in [6.45, 7) is 5.17. The Balaban J connectivity index is 2.33. The third-order valence-electron chi connectivity index (χ3n) is 2.09. The lowest BCUT2D eigenvalue weighted by atomic mass is 10.1. The first kappa shape index (κ1) is 14.7. The van der Waals surface area contributed by atoms with Crippen LogP contribution in [0.5, 0.6) is 0 Å². The fourth-order valence-electron chi connectivity index (χ4n) is 1.18. The van der Waals surface area contributed by atoms with Crippen molar-refractivity contribution in [1.82, 2.24) is 10.6 Å². The third-order valence-corrected chi connectivity index (χ3v) is 3.09. The fraction of sp³-hybridized carbons (Fsp3) is 0.500. The summed E-state index contributed by atoms with van der Waals surface area (Å²) in [6.07, 6.45) is 0. The molecule has 3 N–H and O–H groups in total. The average molecular weight is 270 g/mol. The summed E-state index contributed by atoms with van der Waals surface area (Å²) in [5.74, 6) is -0.578. The molecule has 1 heterocycles. The summed E-state index contributed by atoms with van der Waals surface area (Å²) in [5.41, 5.74) is -0.954. The molecule has 0 aliphatic heterocycles. The van der Waals surface area contributed by atoms with Gasteiger partial charge in [-0.25, -0.2) is 0 Å². The summed E-state index contributed by atoms with van der Waals surface area (Å²) in [5, 5.41) is 14.5. The quantitative estimate of drug-likeness (QED) is 0.736. The van der Waals surface area contributed by atoms with Crippen LogP contribution in [-0.2, 0) is 4.79 Å². The van der Waals surface area contributed by atoms with E-state index < -0.39 is 5.60 Å². The molecule has 0 aromatic carbocycles. The molecule has 0 saturated heterocycles. The molecule has 0 unspecified atom stereocenters. The van der Waals surface area contributed by atoms with Crippen molar-refractivity contribution in [3.8, 4) is 0 Å². The van der Waals surface area contributed by atoms with Gasteiger partial charge in [0.1, 0.15) is 0 Å². The topological polar surface area (TPSA) is 78.4 Å². The van der Waals surface area contributed by atoms with E-state index in [1.165, 1.54) is 11.3 Å². The Morgan fingerprint density at radius 1 is 1.33 bits per heavy atom. The SMILES string of the molecule is Cc1ccc(C(=O)NCC(=O)NCC(C)(C)O)s1. The van der Waals surface area contributed by atoms with E-state index in [1.54, 1.807) is 19.9 Å². The van der Waals surface area contributed by atoms with Gasteiger partial charge in [0, 0.05) is 11.4 Å². The van der Waals surface area contributed by atoms with Gasteiger partial charge in [0.05, 0.1) is 17.0 Å². The normalized spacial score (nSPS) is 11.1. The van der Waals surface area contributed by atoms with Gasteiger partial charge in [-0.1, -0.05) is 0 Å². The van der Waals surface area contributed by atoms with Crippen molar-refractivity contribution in [3.63, 3.8) is 0 Å². The molecular weight excluding hydrogens is 252 g/mol. The molecule has 1 aromatic rings. The second-order valence-corrected chi connectivity index (χ2v) is 5.97. The van der Waals surface area contributed by atoms with E-state index in [2.05, 4.69) is 10.6 Å². The maximum absolute atomic E-state index is 11.6. The van der Waals surface area contributed by atoms with Crippen molar-refractivity contribution in [1.29, 1.82) is 0 Å². The second-order valence-electron chi connectivity index (χ2n) is 4.68. The molecular formula is C12H18N2O3S. The van der Waals surface area contributed by atoms with E-state index in [1.807, 2.05) is 13.0 Å². The first-order valence-electron chi connectivity index (χ1n) is 5.62. The molecule has 0 saturated carbocycles. The highest BCUT2D eigenvalue weighted by atomic mass is 32.1. The first-order valence-corrected chi connectivity index (χ1v) is 6.43. The Kier molecular flexibility index (Phi) is 4.86. The number of nitrogens with one attached hydrogen (secondary N) is 2. The van der Waals surface area contributed by atoms with Crippen LogP contribution in [0.2, 0.25) is 0 Å². The number of aliphatic hydroxyl groups is 1. The van der Waals surface area contributed by atoms with Crippen LogP contribution in [0.3, 0.4) is 0 Å². The van der Waals surface area contributed by atoms with Crippen LogP contribution >= 0.6 is 11.3 Å². The zero-order valence-electron chi connectivity index (χ0n) is 10.7. The smallest absolute Gasteiger partial charge is 0.261 e. The van der Waals surface area contributed by atoms with E-state index in [0.717, 1.165) is 4.88 Å². The zero-order valence-corrected chi connectivity index (χ0v) is 11.6. The average Bonchev–Trinajstić information content (AvgIpc) is 2.69. The summed E-state index contributed by atoms with van der Waals surface area (Å²) in [6, 6.07) is 3.58. The van der Waals surface area contributed by atoms with Crippen LogP contribution in [0.1, 0.15) is 28.4 Å². The number of rotatable bonds is 5. The Hall–Kier alpha value is -1.40. The maximum Gasteiger partial charge on any atom is 0.261 e. The maximum atomic E-state index is 11.6. The van der Waals surface area contributed by atoms with Crippen molar-refractivity contribution >= 4 is 23.2 Å². The van der Waals surface area contributed by atoms with Gasteiger partial charge in [-0.05, 0) is 32.9 Å². The minimum Gasteiger partial charge on any atom is -0.389 e. The summed E-state index contributed by atoms with van der Waals surface area (Å²) in [7, 11) is 0. The fourth-order valence-corrected chi connectivity index (χ4v) is 1.97. The molecule has 0 bridgehead atoms. The number of thiophene rings is 1. The highest BCUT2D eigenvalue weighted by Crippen LogP contribution is 2.14. The van der Waals surface area contributed by atoms with E-state index in [-0.39, 0.29) is 24.9 Å². The van der Waals surface area contributed by atoms with E-state index in [4.69, 9.17) is 0 Å². The molecule has 0 radical (unpaired) electrons. The van der Waals surface area contributed by atoms with Crippen LogP contribution < -0.4 is 10.6 Å². The predicted molar refractivity (Wildman–Crippen MR) is 70.7 cm³/mol. The molecule has 0 aliphatic carbocycles. The van der Waals surface area contributed by atoms with Crippen molar-refractivity contribution < 1.29 is 14.7 Å². The molecule has 0 atom stereocenters. The van der Waals surface area contributed by atoms with Gasteiger partial charge in [-0.2, -0.15) is 0 Å². The Morgan fingerprint density at radius 3 is 2.50 bits per heavy atom. The number of hydrogen-bond acceptors (Lipinski definition) is 4. The molecule has 0 aliphatic rings. The lowest BCUT2D eigenvalue weighted by molar-refractivity contribution is -0.121. The molecule has 5 nitrogen and oxygen atoms in total. The second kappa shape index (κ2) is 5.97. The number of amides is 2. The van der Waals surface area contributed by atoms with E-state index in [0.29, 0.717) is 4.88 Å². The van der Waals surface area contributed by atoms with Crippen LogP contribution in [0.4, 0.5) is 0 Å². The van der Waals surface area contributed by atoms with Gasteiger partial charge in [0.15, 0.2) is 0 Å². The van der Waals surface area contributed by atoms with E-state index in [9.17, 15) is 14.7 Å². The van der Waals surface area contributed by atoms with Gasteiger partial charge >= 0.3 is 0 Å². The minimum atomic E-state index is -0.954. The molecule has 1 aromatic heterocycles. The highest BCUT2D eigenvalue weighted by Gasteiger charge is 2.14. The lowest BCUT2D eigenvalue weighted by Crippen LogP contribution is -2.43.